The first-order chi connectivity index (χ1) is 16.6. The Morgan fingerprint density at radius 3 is 2.51 bits per heavy atom. The molecule has 2 aliphatic rings. The van der Waals surface area contributed by atoms with E-state index in [9.17, 15) is 13.0 Å². The summed E-state index contributed by atoms with van der Waals surface area (Å²) in [6.07, 6.45) is 2.43. The number of methoxy groups -OCH3 is 2. The Morgan fingerprint density at radius 2 is 1.89 bits per heavy atom. The molecular formula is C23H30N4O7S. The molecule has 3 atom stereocenters. The van der Waals surface area contributed by atoms with Gasteiger partial charge in [0.15, 0.2) is 11.5 Å². The highest BCUT2D eigenvalue weighted by Crippen LogP contribution is 2.46. The maximum absolute atomic E-state index is 11.3. The van der Waals surface area contributed by atoms with Crippen molar-refractivity contribution < 1.29 is 31.4 Å². The molecule has 0 spiro atoms. The van der Waals surface area contributed by atoms with E-state index in [0.717, 1.165) is 11.1 Å². The van der Waals surface area contributed by atoms with Crippen molar-refractivity contribution in [1.29, 1.82) is 0 Å². The average Bonchev–Trinajstić information content (AvgIpc) is 2.82. The first-order valence-electron chi connectivity index (χ1n) is 11.3. The molecule has 0 radical (unpaired) electrons. The van der Waals surface area contributed by atoms with Crippen LogP contribution in [0.4, 0.5) is 5.95 Å². The van der Waals surface area contributed by atoms with Crippen LogP contribution < -0.4 is 19.1 Å². The van der Waals surface area contributed by atoms with Crippen LogP contribution in [0.1, 0.15) is 48.8 Å². The quantitative estimate of drug-likeness (QED) is 0.533. The third-order valence-corrected chi connectivity index (χ3v) is 6.71. The van der Waals surface area contributed by atoms with Crippen molar-refractivity contribution in [3.63, 3.8) is 0 Å². The molecule has 1 aromatic heterocycles. The van der Waals surface area contributed by atoms with E-state index < -0.39 is 16.5 Å². The number of hydrogen-bond donors (Lipinski definition) is 1. The van der Waals surface area contributed by atoms with Gasteiger partial charge in [0.05, 0.1) is 44.2 Å². The van der Waals surface area contributed by atoms with Gasteiger partial charge in [-0.2, -0.15) is 13.4 Å². The second-order valence-corrected chi connectivity index (χ2v) is 9.67. The summed E-state index contributed by atoms with van der Waals surface area (Å²) in [5, 5.41) is 0. The second kappa shape index (κ2) is 9.96. The Bertz CT molecular complexity index is 1230. The molecule has 2 heterocycles. The van der Waals surface area contributed by atoms with Crippen LogP contribution in [0, 0.1) is 0 Å². The normalized spacial score (nSPS) is 21.4. The lowest BCUT2D eigenvalue weighted by Crippen LogP contribution is -2.36. The zero-order chi connectivity index (χ0) is 25.3. The van der Waals surface area contributed by atoms with Gasteiger partial charge < -0.3 is 19.1 Å². The zero-order valence-electron chi connectivity index (χ0n) is 20.4. The highest BCUT2D eigenvalue weighted by atomic mass is 32.3. The summed E-state index contributed by atoms with van der Waals surface area (Å²) in [6, 6.07) is 3.64. The largest absolute Gasteiger partial charge is 0.493 e. The van der Waals surface area contributed by atoms with Gasteiger partial charge >= 0.3 is 10.4 Å². The Hall–Kier alpha value is -2.96. The van der Waals surface area contributed by atoms with E-state index in [1.54, 1.807) is 25.3 Å². The molecule has 12 heteroatoms. The number of fused-ring (bicyclic) bond motifs is 3. The van der Waals surface area contributed by atoms with E-state index in [4.69, 9.17) is 23.4 Å². The van der Waals surface area contributed by atoms with E-state index >= 15 is 0 Å². The summed E-state index contributed by atoms with van der Waals surface area (Å²) in [5.41, 5.74) is 3.02. The van der Waals surface area contributed by atoms with Gasteiger partial charge in [0, 0.05) is 31.8 Å². The predicted octanol–water partition coefficient (Wildman–Crippen LogP) is 2.63. The minimum absolute atomic E-state index is 0.139. The van der Waals surface area contributed by atoms with Crippen LogP contribution in [0.5, 0.6) is 17.4 Å². The number of anilines is 1. The fraction of sp³-hybridized carbons (Fsp3) is 0.522. The average molecular weight is 507 g/mol. The third kappa shape index (κ3) is 5.19. The van der Waals surface area contributed by atoms with E-state index in [2.05, 4.69) is 9.97 Å². The molecule has 4 rings (SSSR count). The van der Waals surface area contributed by atoms with Gasteiger partial charge in [-0.15, -0.1) is 0 Å². The third-order valence-electron chi connectivity index (χ3n) is 6.20. The molecule has 0 unspecified atom stereocenters. The molecule has 2 aromatic rings. The van der Waals surface area contributed by atoms with Gasteiger partial charge in [-0.1, -0.05) is 0 Å². The smallest absolute Gasteiger partial charge is 0.397 e. The fourth-order valence-corrected chi connectivity index (χ4v) is 5.24. The summed E-state index contributed by atoms with van der Waals surface area (Å²) in [5.74, 6) is 1.88. The Kier molecular flexibility index (Phi) is 7.15. The summed E-state index contributed by atoms with van der Waals surface area (Å²) in [7, 11) is 2.25. The van der Waals surface area contributed by atoms with Gasteiger partial charge in [-0.25, -0.2) is 9.17 Å². The Balaban J connectivity index is 1.86. The van der Waals surface area contributed by atoms with Crippen LogP contribution in [0.15, 0.2) is 23.3 Å². The van der Waals surface area contributed by atoms with Crippen LogP contribution in [0.3, 0.4) is 0 Å². The van der Waals surface area contributed by atoms with Gasteiger partial charge in [0.2, 0.25) is 11.8 Å². The van der Waals surface area contributed by atoms with Crippen molar-refractivity contribution in [3.8, 4) is 17.4 Å². The molecule has 1 saturated carbocycles. The topological polar surface area (TPSA) is 133 Å². The number of aliphatic imine (C=N–C) groups is 1. The molecule has 0 saturated heterocycles. The highest BCUT2D eigenvalue weighted by Gasteiger charge is 2.40. The minimum Gasteiger partial charge on any atom is -0.493 e. The summed E-state index contributed by atoms with van der Waals surface area (Å²) >= 11 is 0. The second-order valence-electron chi connectivity index (χ2n) is 8.62. The number of aromatic nitrogens is 2. The maximum Gasteiger partial charge on any atom is 0.397 e. The molecule has 1 aromatic carbocycles. The van der Waals surface area contributed by atoms with E-state index in [1.807, 2.05) is 33.2 Å². The molecule has 1 aliphatic carbocycles. The summed E-state index contributed by atoms with van der Waals surface area (Å²) in [4.78, 5) is 15.8. The molecule has 0 bridgehead atoms. The number of rotatable bonds is 8. The van der Waals surface area contributed by atoms with Crippen LogP contribution in [-0.2, 0) is 14.6 Å². The van der Waals surface area contributed by atoms with Gasteiger partial charge in [-0.05, 0) is 43.9 Å². The lowest BCUT2D eigenvalue weighted by molar-refractivity contribution is 0.124. The van der Waals surface area contributed by atoms with Gasteiger partial charge in [0.25, 0.3) is 0 Å². The van der Waals surface area contributed by atoms with Crippen LogP contribution >= 0.6 is 0 Å². The molecule has 0 amide bonds. The van der Waals surface area contributed by atoms with Crippen molar-refractivity contribution in [3.05, 3.63) is 35.0 Å². The Morgan fingerprint density at radius 1 is 1.11 bits per heavy atom. The van der Waals surface area contributed by atoms with Crippen LogP contribution in [-0.4, -0.2) is 75.7 Å². The fourth-order valence-electron chi connectivity index (χ4n) is 4.72. The van der Waals surface area contributed by atoms with E-state index in [1.165, 1.54) is 0 Å². The molecule has 11 nitrogen and oxygen atoms in total. The molecule has 1 fully saturated rings. The van der Waals surface area contributed by atoms with E-state index in [0.29, 0.717) is 60.5 Å². The van der Waals surface area contributed by atoms with Crippen LogP contribution in [0.25, 0.3) is 0 Å². The van der Waals surface area contributed by atoms with E-state index in [-0.39, 0.29) is 12.0 Å². The van der Waals surface area contributed by atoms with Gasteiger partial charge in [0.1, 0.15) is 0 Å². The molecular weight excluding hydrogens is 476 g/mol. The first-order valence-corrected chi connectivity index (χ1v) is 12.7. The lowest BCUT2D eigenvalue weighted by Gasteiger charge is -2.38. The van der Waals surface area contributed by atoms with Crippen molar-refractivity contribution >= 4 is 22.1 Å². The van der Waals surface area contributed by atoms with Crippen LogP contribution in [0.2, 0.25) is 0 Å². The number of ether oxygens (including phenoxy) is 3. The maximum atomic E-state index is 11.3. The molecule has 35 heavy (non-hydrogen) atoms. The highest BCUT2D eigenvalue weighted by molar-refractivity contribution is 7.80. The minimum atomic E-state index is -4.56. The lowest BCUT2D eigenvalue weighted by atomic mass is 9.74. The Labute approximate surface area is 205 Å². The standard InChI is InChI=1S/C23H30N4O7S/c1-6-33-20-10-14-15-9-13(34-35(28,29)30)7-8-18(15)25-21(16(14)11-19(20)31-4)17-12-24-23(27(2)3)26-22(17)32-5/h10-13,15,18H,6-9H2,1-5H3,(H,28,29,30)/t13-,15-,18-/m1/s1. The summed E-state index contributed by atoms with van der Waals surface area (Å²) < 4.78 is 53.8. The van der Waals surface area contributed by atoms with Gasteiger partial charge in [-0.3, -0.25) is 9.55 Å². The number of hydrogen-bond acceptors (Lipinski definition) is 10. The number of nitrogens with zero attached hydrogens (tertiary/aromatic N) is 4. The molecule has 1 N–H and O–H groups in total. The summed E-state index contributed by atoms with van der Waals surface area (Å²) in [6.45, 7) is 2.34. The number of benzene rings is 1. The van der Waals surface area contributed by atoms with Crippen molar-refractivity contribution in [2.24, 2.45) is 4.99 Å². The van der Waals surface area contributed by atoms with Crippen molar-refractivity contribution in [1.82, 2.24) is 9.97 Å². The molecule has 190 valence electrons. The van der Waals surface area contributed by atoms with Crippen molar-refractivity contribution in [2.45, 2.75) is 44.2 Å². The zero-order valence-corrected chi connectivity index (χ0v) is 21.2. The first kappa shape index (κ1) is 25.1. The predicted molar refractivity (Wildman–Crippen MR) is 130 cm³/mol. The monoisotopic (exact) mass is 506 g/mol. The SMILES string of the molecule is CCOc1cc2c(cc1OC)C(c1cnc(N(C)C)nc1OC)=N[C@@H]1CC[C@@H](OS(=O)(=O)O)C[C@H]21. The molecule has 1 aliphatic heterocycles. The van der Waals surface area contributed by atoms with Crippen molar-refractivity contribution in [2.75, 3.05) is 39.8 Å².